The third-order valence-electron chi connectivity index (χ3n) is 14.9. The highest BCUT2D eigenvalue weighted by Gasteiger charge is 2.57. The molecule has 3 saturated heterocycles. The number of nitrogens with zero attached hydrogens (tertiary/aromatic N) is 1. The number of methoxy groups -OCH3 is 3. The lowest BCUT2D eigenvalue weighted by Crippen LogP contribution is -2.65. The van der Waals surface area contributed by atoms with Gasteiger partial charge in [-0.2, -0.15) is 0 Å². The third-order valence-corrected chi connectivity index (χ3v) is 14.9. The van der Waals surface area contributed by atoms with E-state index < -0.39 is 95.7 Å². The van der Waals surface area contributed by atoms with E-state index in [-0.39, 0.29) is 42.5 Å². The van der Waals surface area contributed by atoms with Gasteiger partial charge in [0, 0.05) is 64.4 Å². The Morgan fingerprint density at radius 2 is 1.58 bits per heavy atom. The number of carbonyl (C=O) groups excluding carboxylic acids is 5. The van der Waals surface area contributed by atoms with Gasteiger partial charge in [-0.15, -0.1) is 0 Å². The third kappa shape index (κ3) is 12.0. The van der Waals surface area contributed by atoms with Crippen LogP contribution in [0, 0.1) is 41.4 Å². The molecule has 5 rings (SSSR count). The van der Waals surface area contributed by atoms with Crippen molar-refractivity contribution in [3.63, 3.8) is 0 Å². The highest BCUT2D eigenvalue weighted by Crippen LogP contribution is 2.45. The number of rotatable bonds is 5. The van der Waals surface area contributed by atoms with E-state index >= 15 is 0 Å². The van der Waals surface area contributed by atoms with E-state index in [0.29, 0.717) is 69.8 Å². The van der Waals surface area contributed by atoms with Crippen molar-refractivity contribution >= 4 is 29.2 Å². The van der Waals surface area contributed by atoms with E-state index in [1.54, 1.807) is 41.1 Å². The van der Waals surface area contributed by atoms with E-state index in [9.17, 15) is 39.3 Å². The van der Waals surface area contributed by atoms with Gasteiger partial charge in [0.2, 0.25) is 5.79 Å². The van der Waals surface area contributed by atoms with Gasteiger partial charge in [0.25, 0.3) is 11.7 Å². The van der Waals surface area contributed by atoms with Gasteiger partial charge in [0.05, 0.1) is 24.4 Å². The predicted molar refractivity (Wildman–Crippen MR) is 238 cm³/mol. The first-order valence-corrected chi connectivity index (χ1v) is 23.5. The maximum atomic E-state index is 14.4. The van der Waals surface area contributed by atoms with Crippen LogP contribution in [-0.4, -0.2) is 132 Å². The molecule has 4 aliphatic heterocycles. The molecule has 1 amide bonds. The second-order valence-electron chi connectivity index (χ2n) is 19.5. The summed E-state index contributed by atoms with van der Waals surface area (Å²) in [5, 5.41) is 34.1. The Morgan fingerprint density at radius 3 is 2.27 bits per heavy atom. The number of ketones is 3. The molecule has 1 saturated carbocycles. The van der Waals surface area contributed by atoms with Crippen molar-refractivity contribution < 1.29 is 63.0 Å². The first-order chi connectivity index (χ1) is 30.3. The Kier molecular flexibility index (Phi) is 18.5. The molecule has 5 aliphatic rings. The van der Waals surface area contributed by atoms with Crippen LogP contribution in [-0.2, 0) is 47.7 Å². The first kappa shape index (κ1) is 51.6. The number of hydrogen-bond donors (Lipinski definition) is 3. The van der Waals surface area contributed by atoms with Crippen LogP contribution < -0.4 is 0 Å². The van der Waals surface area contributed by atoms with E-state index in [4.69, 9.17) is 23.7 Å². The fourth-order valence-electron chi connectivity index (χ4n) is 10.9. The summed E-state index contributed by atoms with van der Waals surface area (Å²) in [7, 11) is 4.52. The van der Waals surface area contributed by atoms with Crippen LogP contribution in [0.1, 0.15) is 112 Å². The molecule has 10 unspecified atom stereocenters. The number of aliphatic hydroxyl groups excluding tert-OH is 2. The van der Waals surface area contributed by atoms with Gasteiger partial charge in [-0.1, -0.05) is 64.2 Å². The molecule has 4 fully saturated rings. The number of ether oxygens (including phenoxy) is 5. The summed E-state index contributed by atoms with van der Waals surface area (Å²) in [6.07, 6.45) is 10.8. The molecule has 0 spiro atoms. The van der Waals surface area contributed by atoms with Crippen molar-refractivity contribution in [3.8, 4) is 0 Å². The van der Waals surface area contributed by atoms with Crippen molar-refractivity contribution in [1.29, 1.82) is 0 Å². The largest absolute Gasteiger partial charge is 0.460 e. The van der Waals surface area contributed by atoms with Crippen LogP contribution in [0.25, 0.3) is 0 Å². The normalized spacial score (nSPS) is 43.2. The summed E-state index contributed by atoms with van der Waals surface area (Å²) < 4.78 is 29.4. The Balaban J connectivity index is 1.51. The van der Waals surface area contributed by atoms with E-state index in [1.807, 2.05) is 51.2 Å². The molecule has 358 valence electrons. The number of Topliss-reactive ketones (excluding diaryl/α,β-unsaturated/α-hetero) is 3. The molecule has 4 bridgehead atoms. The second kappa shape index (κ2) is 22.9. The first-order valence-electron chi connectivity index (χ1n) is 23.5. The number of piperidine rings is 1. The molecule has 0 aromatic heterocycles. The lowest BCUT2D eigenvalue weighted by atomic mass is 9.68. The fourth-order valence-corrected chi connectivity index (χ4v) is 10.9. The molecule has 1 aliphatic carbocycles. The summed E-state index contributed by atoms with van der Waals surface area (Å²) in [6, 6.07) is -1.12. The van der Waals surface area contributed by atoms with Crippen molar-refractivity contribution in [2.45, 2.75) is 167 Å². The molecule has 3 N–H and O–H groups in total. The summed E-state index contributed by atoms with van der Waals surface area (Å²) in [5.74, 6) is -8.43. The Morgan fingerprint density at radius 1 is 0.844 bits per heavy atom. The van der Waals surface area contributed by atoms with Gasteiger partial charge in [0.1, 0.15) is 30.1 Å². The highest BCUT2D eigenvalue weighted by atomic mass is 16.6. The van der Waals surface area contributed by atoms with Gasteiger partial charge in [-0.3, -0.25) is 19.2 Å². The zero-order valence-electron chi connectivity index (χ0n) is 39.5. The number of allylic oxidation sites excluding steroid dienone is 6. The molecule has 0 aromatic rings. The van der Waals surface area contributed by atoms with Crippen LogP contribution in [0.15, 0.2) is 47.6 Å². The number of amides is 1. The van der Waals surface area contributed by atoms with Crippen LogP contribution >= 0.6 is 0 Å². The predicted octanol–water partition coefficient (Wildman–Crippen LogP) is 5.40. The minimum Gasteiger partial charge on any atom is -0.460 e. The molecular formula is C50H75NO13. The Labute approximate surface area is 379 Å². The maximum Gasteiger partial charge on any atom is 0.329 e. The maximum absolute atomic E-state index is 14.4. The van der Waals surface area contributed by atoms with Crippen LogP contribution in [0.5, 0.6) is 0 Å². The van der Waals surface area contributed by atoms with Gasteiger partial charge in [0.15, 0.2) is 5.78 Å². The average Bonchev–Trinajstić information content (AvgIpc) is 3.27. The SMILES string of the molecule is COC1CC(C[C@H]2C3CCCN4C(=O)C(=O)C5(O)O[C@@H](CCC5C)C[C@H](OC)/C(C)=C/C=C/C=C/[C@@H](C)CC(C)C(=O)[C@H](OC)C(O)/C(C)=C/C(C)C(=O)C[C@@H]2OC(=O)C34)CCC1O. The summed E-state index contributed by atoms with van der Waals surface area (Å²) >= 11 is 0. The lowest BCUT2D eigenvalue weighted by Gasteiger charge is -2.50. The topological polar surface area (TPSA) is 195 Å². The Hall–Kier alpha value is -3.37. The quantitative estimate of drug-likeness (QED) is 0.181. The minimum atomic E-state index is -2.43. The molecular weight excluding hydrogens is 823 g/mol. The number of aliphatic hydroxyl groups is 3. The van der Waals surface area contributed by atoms with Crippen molar-refractivity contribution in [2.24, 2.45) is 41.4 Å². The zero-order valence-corrected chi connectivity index (χ0v) is 39.5. The van der Waals surface area contributed by atoms with Crippen molar-refractivity contribution in [3.05, 3.63) is 47.6 Å². The van der Waals surface area contributed by atoms with Crippen LogP contribution in [0.3, 0.4) is 0 Å². The van der Waals surface area contributed by atoms with Gasteiger partial charge < -0.3 is 43.9 Å². The Bertz CT molecular complexity index is 1790. The smallest absolute Gasteiger partial charge is 0.329 e. The fraction of sp³-hybridized carbons (Fsp3) is 0.740. The molecule has 14 heteroatoms. The summed E-state index contributed by atoms with van der Waals surface area (Å²) in [4.78, 5) is 72.0. The van der Waals surface area contributed by atoms with E-state index in [2.05, 4.69) is 0 Å². The minimum absolute atomic E-state index is 0.0231. The summed E-state index contributed by atoms with van der Waals surface area (Å²) in [5.41, 5.74) is 1.28. The molecule has 14 nitrogen and oxygen atoms in total. The van der Waals surface area contributed by atoms with Crippen LogP contribution in [0.4, 0.5) is 0 Å². The average molecular weight is 898 g/mol. The standard InChI is InChI=1S/C50H75NO13/c1-28-14-11-10-12-15-29(2)40(60-7)26-35-19-17-33(6)50(59,64-35)47(56)48(57)51-21-13-16-36-37(24-34-18-20-38(52)42(25-34)61-8)41(63-49(58)43(36)51)27-39(53)30(3)23-32(5)45(55)46(62-9)44(54)31(4)22-28/h10-12,14-15,23,28,30-31,33-38,40-43,45-46,52,55,59H,13,16-22,24-27H2,1-9H3/b12-10+,14-11+,29-15+,32-23+/t28-,30?,31?,33?,34?,35+,36?,37+,38?,40+,41+,42?,43?,45?,46+,50?/m1/s1. The van der Waals surface area contributed by atoms with Crippen LogP contribution in [0.2, 0.25) is 0 Å². The lowest BCUT2D eigenvalue weighted by molar-refractivity contribution is -0.266. The number of hydrogen-bond acceptors (Lipinski definition) is 13. The van der Waals surface area contributed by atoms with E-state index in [1.165, 1.54) is 12.0 Å². The monoisotopic (exact) mass is 898 g/mol. The second-order valence-corrected chi connectivity index (χ2v) is 19.5. The number of fused-ring (bicyclic) bond motifs is 4. The molecule has 64 heavy (non-hydrogen) atoms. The van der Waals surface area contributed by atoms with Crippen molar-refractivity contribution in [2.75, 3.05) is 27.9 Å². The van der Waals surface area contributed by atoms with E-state index in [0.717, 1.165) is 5.57 Å². The number of carbonyl (C=O) groups is 5. The van der Waals surface area contributed by atoms with Gasteiger partial charge >= 0.3 is 5.97 Å². The van der Waals surface area contributed by atoms with Crippen molar-refractivity contribution in [1.82, 2.24) is 4.90 Å². The summed E-state index contributed by atoms with van der Waals surface area (Å²) in [6.45, 7) is 10.9. The van der Waals surface area contributed by atoms with Gasteiger partial charge in [-0.05, 0) is 101 Å². The molecule has 16 atom stereocenters. The molecule has 0 radical (unpaired) electrons. The zero-order chi connectivity index (χ0) is 47.0. The van der Waals surface area contributed by atoms with Gasteiger partial charge in [-0.25, -0.2) is 4.79 Å². The highest BCUT2D eigenvalue weighted by molar-refractivity contribution is 6.39. The molecule has 0 aromatic carbocycles. The molecule has 4 heterocycles. The number of esters is 1.